The van der Waals surface area contributed by atoms with Crippen molar-refractivity contribution in [2.75, 3.05) is 6.54 Å². The molecule has 0 saturated carbocycles. The predicted molar refractivity (Wildman–Crippen MR) is 86.9 cm³/mol. The zero-order chi connectivity index (χ0) is 16.4. The molecule has 0 unspecified atom stereocenters. The van der Waals surface area contributed by atoms with E-state index in [-0.39, 0.29) is 16.6 Å². The van der Waals surface area contributed by atoms with E-state index in [0.29, 0.717) is 30.2 Å². The first kappa shape index (κ1) is 15.8. The number of aromatic nitrogens is 5. The number of hydrogen-bond donors (Lipinski definition) is 1. The summed E-state index contributed by atoms with van der Waals surface area (Å²) in [4.78, 5) is 16.3. The van der Waals surface area contributed by atoms with Crippen LogP contribution in [0.5, 0.6) is 0 Å². The van der Waals surface area contributed by atoms with Gasteiger partial charge in [0.15, 0.2) is 11.3 Å². The number of amides is 1. The molecular formula is C14H14Cl2N6O. The molecule has 3 aromatic heterocycles. The molecule has 0 atom stereocenters. The van der Waals surface area contributed by atoms with Crippen LogP contribution >= 0.6 is 23.2 Å². The topological polar surface area (TPSA) is 77.1 Å². The number of carbonyl (C=O) groups excluding carboxylic acids is 1. The maximum Gasteiger partial charge on any atom is 0.273 e. The Morgan fingerprint density at radius 3 is 2.87 bits per heavy atom. The summed E-state index contributed by atoms with van der Waals surface area (Å²) in [6.07, 6.45) is 5.77. The molecule has 3 aromatic rings. The summed E-state index contributed by atoms with van der Waals surface area (Å²) in [5.41, 5.74) is 1.42. The van der Waals surface area contributed by atoms with Crippen LogP contribution in [0.3, 0.4) is 0 Å². The van der Waals surface area contributed by atoms with Gasteiger partial charge in [-0.25, -0.2) is 9.50 Å². The lowest BCUT2D eigenvalue weighted by Crippen LogP contribution is -2.26. The van der Waals surface area contributed by atoms with Crippen molar-refractivity contribution in [3.63, 3.8) is 0 Å². The van der Waals surface area contributed by atoms with Crippen LogP contribution in [0.15, 0.2) is 24.7 Å². The van der Waals surface area contributed by atoms with Crippen LogP contribution in [-0.2, 0) is 6.54 Å². The van der Waals surface area contributed by atoms with Crippen molar-refractivity contribution in [1.29, 1.82) is 0 Å². The molecule has 0 fully saturated rings. The molecule has 120 valence electrons. The smallest absolute Gasteiger partial charge is 0.273 e. The highest BCUT2D eigenvalue weighted by molar-refractivity contribution is 6.36. The lowest BCUT2D eigenvalue weighted by atomic mass is 10.3. The minimum absolute atomic E-state index is 0.170. The monoisotopic (exact) mass is 352 g/mol. The Morgan fingerprint density at radius 2 is 2.17 bits per heavy atom. The molecule has 0 aliphatic rings. The molecule has 0 spiro atoms. The third-order valence-electron chi connectivity index (χ3n) is 3.29. The molecule has 1 amide bonds. The van der Waals surface area contributed by atoms with E-state index in [0.717, 1.165) is 5.69 Å². The molecule has 1 N–H and O–H groups in total. The Hall–Kier alpha value is -2.12. The molecule has 9 heteroatoms. The molecule has 0 radical (unpaired) electrons. The molecule has 3 rings (SSSR count). The number of hydrogen-bond acceptors (Lipinski definition) is 4. The van der Waals surface area contributed by atoms with Gasteiger partial charge >= 0.3 is 0 Å². The first-order chi connectivity index (χ1) is 11.1. The SMILES string of the molecule is Cc1nn(CCCNC(=O)c2nn3cccnc3c2Cl)cc1Cl. The number of nitrogens with zero attached hydrogens (tertiary/aromatic N) is 5. The summed E-state index contributed by atoms with van der Waals surface area (Å²) < 4.78 is 3.23. The Balaban J connectivity index is 1.57. The third-order valence-corrected chi connectivity index (χ3v) is 4.01. The average molecular weight is 353 g/mol. The van der Waals surface area contributed by atoms with Gasteiger partial charge in [0.2, 0.25) is 0 Å². The van der Waals surface area contributed by atoms with Gasteiger partial charge in [-0.05, 0) is 19.4 Å². The van der Waals surface area contributed by atoms with E-state index < -0.39 is 0 Å². The number of rotatable bonds is 5. The van der Waals surface area contributed by atoms with Crippen molar-refractivity contribution in [3.8, 4) is 0 Å². The average Bonchev–Trinajstić information content (AvgIpc) is 3.04. The van der Waals surface area contributed by atoms with E-state index in [1.807, 2.05) is 6.92 Å². The molecule has 23 heavy (non-hydrogen) atoms. The highest BCUT2D eigenvalue weighted by Gasteiger charge is 2.18. The molecular weight excluding hydrogens is 339 g/mol. The first-order valence-corrected chi connectivity index (χ1v) is 7.78. The van der Waals surface area contributed by atoms with Gasteiger partial charge in [0.05, 0.1) is 10.7 Å². The largest absolute Gasteiger partial charge is 0.351 e. The van der Waals surface area contributed by atoms with E-state index in [1.165, 1.54) is 4.52 Å². The van der Waals surface area contributed by atoms with Crippen molar-refractivity contribution in [2.24, 2.45) is 0 Å². The van der Waals surface area contributed by atoms with E-state index >= 15 is 0 Å². The van der Waals surface area contributed by atoms with Gasteiger partial charge in [0, 0.05) is 31.7 Å². The molecule has 0 bridgehead atoms. The fourth-order valence-corrected chi connectivity index (χ4v) is 2.55. The first-order valence-electron chi connectivity index (χ1n) is 7.03. The number of aryl methyl sites for hydroxylation is 2. The van der Waals surface area contributed by atoms with Gasteiger partial charge in [-0.3, -0.25) is 9.48 Å². The number of halogens is 2. The quantitative estimate of drug-likeness (QED) is 0.715. The molecule has 7 nitrogen and oxygen atoms in total. The van der Waals surface area contributed by atoms with Crippen molar-refractivity contribution in [1.82, 2.24) is 29.7 Å². The Labute approximate surface area is 142 Å². The van der Waals surface area contributed by atoms with Crippen LogP contribution < -0.4 is 5.32 Å². The lowest BCUT2D eigenvalue weighted by molar-refractivity contribution is 0.0947. The van der Waals surface area contributed by atoms with Gasteiger partial charge < -0.3 is 5.32 Å². The second-order valence-electron chi connectivity index (χ2n) is 4.99. The van der Waals surface area contributed by atoms with Crippen LogP contribution in [0.25, 0.3) is 5.65 Å². The van der Waals surface area contributed by atoms with Crippen molar-refractivity contribution in [2.45, 2.75) is 19.9 Å². The fourth-order valence-electron chi connectivity index (χ4n) is 2.14. The summed E-state index contributed by atoms with van der Waals surface area (Å²) in [6.45, 7) is 2.99. The van der Waals surface area contributed by atoms with Gasteiger partial charge in [-0.15, -0.1) is 0 Å². The maximum absolute atomic E-state index is 12.2. The Morgan fingerprint density at radius 1 is 1.35 bits per heavy atom. The predicted octanol–water partition coefficient (Wildman–Crippen LogP) is 2.36. The van der Waals surface area contributed by atoms with Crippen molar-refractivity contribution < 1.29 is 4.79 Å². The van der Waals surface area contributed by atoms with Crippen LogP contribution in [-0.4, -0.2) is 36.8 Å². The third kappa shape index (κ3) is 3.30. The summed E-state index contributed by atoms with van der Waals surface area (Å²) in [5, 5.41) is 12.1. The maximum atomic E-state index is 12.2. The zero-order valence-corrected chi connectivity index (χ0v) is 13.8. The molecule has 0 aromatic carbocycles. The Kier molecular flexibility index (Phi) is 4.49. The van der Waals surface area contributed by atoms with E-state index in [9.17, 15) is 4.79 Å². The summed E-state index contributed by atoms with van der Waals surface area (Å²) in [7, 11) is 0. The summed E-state index contributed by atoms with van der Waals surface area (Å²) in [6, 6.07) is 1.72. The van der Waals surface area contributed by atoms with Crippen LogP contribution in [0.4, 0.5) is 0 Å². The van der Waals surface area contributed by atoms with Gasteiger partial charge in [-0.1, -0.05) is 23.2 Å². The van der Waals surface area contributed by atoms with Gasteiger partial charge in [0.25, 0.3) is 5.91 Å². The van der Waals surface area contributed by atoms with Crippen LogP contribution in [0, 0.1) is 6.92 Å². The molecule has 0 saturated heterocycles. The highest BCUT2D eigenvalue weighted by atomic mass is 35.5. The summed E-state index contributed by atoms with van der Waals surface area (Å²) >= 11 is 12.1. The second kappa shape index (κ2) is 6.55. The van der Waals surface area contributed by atoms with Crippen LogP contribution in [0.1, 0.15) is 22.6 Å². The van der Waals surface area contributed by atoms with E-state index in [4.69, 9.17) is 23.2 Å². The van der Waals surface area contributed by atoms with Gasteiger partial charge in [-0.2, -0.15) is 10.2 Å². The minimum Gasteiger partial charge on any atom is -0.351 e. The Bertz CT molecular complexity index is 837. The van der Waals surface area contributed by atoms with E-state index in [1.54, 1.807) is 29.3 Å². The van der Waals surface area contributed by atoms with Crippen molar-refractivity contribution in [3.05, 3.63) is 46.1 Å². The highest BCUT2D eigenvalue weighted by Crippen LogP contribution is 2.19. The van der Waals surface area contributed by atoms with Gasteiger partial charge in [0.1, 0.15) is 5.02 Å². The standard InChI is InChI=1S/C14H14Cl2N6O/c1-9-10(15)8-21(19-9)6-2-5-18-14(23)12-11(16)13-17-4-3-7-22(13)20-12/h3-4,7-8H,2,5-6H2,1H3,(H,18,23). The van der Waals surface area contributed by atoms with Crippen molar-refractivity contribution >= 4 is 34.8 Å². The number of nitrogens with one attached hydrogen (secondary N) is 1. The summed E-state index contributed by atoms with van der Waals surface area (Å²) in [5.74, 6) is -0.324. The zero-order valence-electron chi connectivity index (χ0n) is 12.3. The van der Waals surface area contributed by atoms with E-state index in [2.05, 4.69) is 20.5 Å². The fraction of sp³-hybridized carbons (Fsp3) is 0.286. The molecule has 3 heterocycles. The minimum atomic E-state index is -0.324. The molecule has 0 aliphatic heterocycles. The van der Waals surface area contributed by atoms with Crippen LogP contribution in [0.2, 0.25) is 10.0 Å². The second-order valence-corrected chi connectivity index (χ2v) is 5.77. The lowest BCUT2D eigenvalue weighted by Gasteiger charge is -2.04. The molecule has 0 aliphatic carbocycles. The normalized spacial score (nSPS) is 11.1. The number of fused-ring (bicyclic) bond motifs is 1. The number of carbonyl (C=O) groups is 1.